The number of aliphatic hydroxyl groups is 1. The van der Waals surface area contributed by atoms with E-state index >= 15 is 0 Å². The maximum Gasteiger partial charge on any atom is 0.313 e. The fourth-order valence-electron chi connectivity index (χ4n) is 2.39. The van der Waals surface area contributed by atoms with Crippen LogP contribution in [0.5, 0.6) is 0 Å². The predicted octanol–water partition coefficient (Wildman–Crippen LogP) is 4.11. The van der Waals surface area contributed by atoms with Crippen LogP contribution in [-0.2, 0) is 16.1 Å². The number of anilines is 1. The first kappa shape index (κ1) is 19.6. The van der Waals surface area contributed by atoms with E-state index in [1.165, 1.54) is 22.7 Å². The minimum Gasteiger partial charge on any atom is -0.383 e. The first-order valence-corrected chi connectivity index (χ1v) is 10.2. The third-order valence-corrected chi connectivity index (χ3v) is 5.96. The molecule has 0 saturated heterocycles. The van der Waals surface area contributed by atoms with E-state index in [2.05, 4.69) is 10.6 Å². The van der Waals surface area contributed by atoms with Crippen molar-refractivity contribution in [1.29, 1.82) is 0 Å². The van der Waals surface area contributed by atoms with Crippen LogP contribution in [0.4, 0.5) is 5.69 Å². The van der Waals surface area contributed by atoms with Crippen molar-refractivity contribution in [3.8, 4) is 0 Å². The molecular formula is C19H17ClN2O3S2. The van der Waals surface area contributed by atoms with Gasteiger partial charge in [-0.1, -0.05) is 17.7 Å². The van der Waals surface area contributed by atoms with Crippen LogP contribution in [0.15, 0.2) is 47.2 Å². The molecule has 3 N–H and O–H groups in total. The molecule has 27 heavy (non-hydrogen) atoms. The molecule has 0 aliphatic heterocycles. The summed E-state index contributed by atoms with van der Waals surface area (Å²) in [6.45, 7) is 2.03. The topological polar surface area (TPSA) is 78.4 Å². The van der Waals surface area contributed by atoms with Crippen molar-refractivity contribution in [2.75, 3.05) is 5.32 Å². The number of hydrogen-bond acceptors (Lipinski definition) is 5. The zero-order valence-corrected chi connectivity index (χ0v) is 16.8. The van der Waals surface area contributed by atoms with Crippen molar-refractivity contribution < 1.29 is 14.7 Å². The lowest BCUT2D eigenvalue weighted by atomic mass is 10.2. The zero-order valence-electron chi connectivity index (χ0n) is 14.4. The largest absolute Gasteiger partial charge is 0.383 e. The van der Waals surface area contributed by atoms with Gasteiger partial charge < -0.3 is 15.7 Å². The van der Waals surface area contributed by atoms with E-state index in [1.54, 1.807) is 18.2 Å². The molecule has 0 aliphatic carbocycles. The Hall–Kier alpha value is -2.19. The van der Waals surface area contributed by atoms with Crippen LogP contribution >= 0.6 is 34.3 Å². The fourth-order valence-corrected chi connectivity index (χ4v) is 4.20. The minimum atomic E-state index is -0.754. The van der Waals surface area contributed by atoms with Crippen LogP contribution in [0.2, 0.25) is 5.02 Å². The van der Waals surface area contributed by atoms with Crippen LogP contribution in [0.25, 0.3) is 0 Å². The monoisotopic (exact) mass is 420 g/mol. The average Bonchev–Trinajstić information content (AvgIpc) is 3.34. The number of amides is 2. The van der Waals surface area contributed by atoms with Crippen LogP contribution in [0.3, 0.4) is 0 Å². The normalized spacial score (nSPS) is 11.8. The van der Waals surface area contributed by atoms with Gasteiger partial charge in [0.05, 0.1) is 6.54 Å². The van der Waals surface area contributed by atoms with Gasteiger partial charge in [0.2, 0.25) is 0 Å². The minimum absolute atomic E-state index is 0.210. The molecule has 1 atom stereocenters. The Balaban J connectivity index is 1.56. The predicted molar refractivity (Wildman–Crippen MR) is 109 cm³/mol. The molecule has 0 radical (unpaired) electrons. The van der Waals surface area contributed by atoms with Gasteiger partial charge in [-0.15, -0.1) is 11.3 Å². The van der Waals surface area contributed by atoms with Crippen molar-refractivity contribution in [2.45, 2.75) is 19.6 Å². The Bertz CT molecular complexity index is 954. The number of aryl methyl sites for hydroxylation is 1. The molecule has 8 heteroatoms. The van der Waals surface area contributed by atoms with Crippen LogP contribution in [0.1, 0.15) is 27.0 Å². The van der Waals surface area contributed by atoms with E-state index < -0.39 is 17.9 Å². The molecule has 5 nitrogen and oxygen atoms in total. The number of rotatable bonds is 5. The molecule has 1 aromatic carbocycles. The first-order chi connectivity index (χ1) is 12.9. The van der Waals surface area contributed by atoms with Crippen LogP contribution in [-0.4, -0.2) is 16.9 Å². The molecule has 2 aromatic heterocycles. The lowest BCUT2D eigenvalue weighted by Gasteiger charge is -2.09. The molecule has 0 saturated carbocycles. The summed E-state index contributed by atoms with van der Waals surface area (Å²) >= 11 is 8.83. The summed E-state index contributed by atoms with van der Waals surface area (Å²) in [5, 5.41) is 19.8. The summed E-state index contributed by atoms with van der Waals surface area (Å²) in [5.74, 6) is -1.49. The molecule has 1 unspecified atom stereocenters. The molecule has 0 spiro atoms. The summed E-state index contributed by atoms with van der Waals surface area (Å²) in [4.78, 5) is 25.7. The number of thiophene rings is 2. The lowest BCUT2D eigenvalue weighted by Crippen LogP contribution is -2.34. The van der Waals surface area contributed by atoms with Crippen molar-refractivity contribution in [3.63, 3.8) is 0 Å². The molecule has 0 fully saturated rings. The van der Waals surface area contributed by atoms with Gasteiger partial charge in [0.25, 0.3) is 0 Å². The van der Waals surface area contributed by atoms with E-state index in [-0.39, 0.29) is 6.54 Å². The summed E-state index contributed by atoms with van der Waals surface area (Å²) in [6, 6.07) is 10.6. The number of benzene rings is 1. The Morgan fingerprint density at radius 1 is 1.19 bits per heavy atom. The number of nitrogens with one attached hydrogen (secondary N) is 2. The Kier molecular flexibility index (Phi) is 6.28. The fraction of sp³-hybridized carbons (Fsp3) is 0.158. The van der Waals surface area contributed by atoms with Gasteiger partial charge in [0.1, 0.15) is 6.10 Å². The number of aliphatic hydroxyl groups excluding tert-OH is 1. The molecule has 2 heterocycles. The quantitative estimate of drug-likeness (QED) is 0.543. The maximum absolute atomic E-state index is 12.1. The highest BCUT2D eigenvalue weighted by molar-refractivity contribution is 7.12. The first-order valence-electron chi connectivity index (χ1n) is 8.08. The second-order valence-corrected chi connectivity index (χ2v) is 8.28. The Morgan fingerprint density at radius 2 is 2.00 bits per heavy atom. The highest BCUT2D eigenvalue weighted by Crippen LogP contribution is 2.29. The molecule has 2 amide bonds. The van der Waals surface area contributed by atoms with Gasteiger partial charge in [0, 0.05) is 20.5 Å². The van der Waals surface area contributed by atoms with Crippen molar-refractivity contribution >= 4 is 51.8 Å². The molecule has 0 bridgehead atoms. The van der Waals surface area contributed by atoms with Crippen LogP contribution in [0, 0.1) is 6.92 Å². The third-order valence-electron chi connectivity index (χ3n) is 3.89. The highest BCUT2D eigenvalue weighted by atomic mass is 35.5. The maximum atomic E-state index is 12.1. The smallest absolute Gasteiger partial charge is 0.313 e. The van der Waals surface area contributed by atoms with Crippen molar-refractivity contribution in [2.24, 2.45) is 0 Å². The van der Waals surface area contributed by atoms with E-state index in [0.29, 0.717) is 10.7 Å². The van der Waals surface area contributed by atoms with E-state index in [0.717, 1.165) is 20.9 Å². The van der Waals surface area contributed by atoms with Gasteiger partial charge in [-0.05, 0) is 59.1 Å². The SMILES string of the molecule is Cc1ccc(Cl)cc1NC(=O)C(=O)NCc1ccc(C(O)c2ccsc2)s1. The van der Waals surface area contributed by atoms with Crippen molar-refractivity contribution in [3.05, 3.63) is 73.1 Å². The second-order valence-electron chi connectivity index (χ2n) is 5.86. The molecular weight excluding hydrogens is 404 g/mol. The molecule has 0 aliphatic rings. The summed E-state index contributed by atoms with van der Waals surface area (Å²) in [6.07, 6.45) is -0.681. The van der Waals surface area contributed by atoms with E-state index in [4.69, 9.17) is 11.6 Å². The van der Waals surface area contributed by atoms with Gasteiger partial charge >= 0.3 is 11.8 Å². The third kappa shape index (κ3) is 4.95. The Labute approximate surface area is 169 Å². The Morgan fingerprint density at radius 3 is 2.74 bits per heavy atom. The van der Waals surface area contributed by atoms with Gasteiger partial charge in [-0.3, -0.25) is 9.59 Å². The summed E-state index contributed by atoms with van der Waals surface area (Å²) in [5.41, 5.74) is 2.15. The zero-order chi connectivity index (χ0) is 19.4. The molecule has 3 aromatic rings. The number of carbonyl (C=O) groups is 2. The second kappa shape index (κ2) is 8.67. The lowest BCUT2D eigenvalue weighted by molar-refractivity contribution is -0.136. The molecule has 3 rings (SSSR count). The van der Waals surface area contributed by atoms with E-state index in [1.807, 2.05) is 35.9 Å². The number of carbonyl (C=O) groups excluding carboxylic acids is 2. The standard InChI is InChI=1S/C19H17ClN2O3S2/c1-11-2-3-13(20)8-15(11)22-19(25)18(24)21-9-14-4-5-16(27-14)17(23)12-6-7-26-10-12/h2-8,10,17,23H,9H2,1H3,(H,21,24)(H,22,25). The van der Waals surface area contributed by atoms with Crippen molar-refractivity contribution in [1.82, 2.24) is 5.32 Å². The highest BCUT2D eigenvalue weighted by Gasteiger charge is 2.17. The average molecular weight is 421 g/mol. The van der Waals surface area contributed by atoms with Gasteiger partial charge in [-0.2, -0.15) is 11.3 Å². The van der Waals surface area contributed by atoms with Gasteiger partial charge in [-0.25, -0.2) is 0 Å². The summed E-state index contributed by atoms with van der Waals surface area (Å²) < 4.78 is 0. The number of halogens is 1. The molecule has 140 valence electrons. The summed E-state index contributed by atoms with van der Waals surface area (Å²) in [7, 11) is 0. The van der Waals surface area contributed by atoms with E-state index in [9.17, 15) is 14.7 Å². The van der Waals surface area contributed by atoms with Crippen LogP contribution < -0.4 is 10.6 Å². The van der Waals surface area contributed by atoms with Gasteiger partial charge in [0.15, 0.2) is 0 Å². The number of hydrogen-bond donors (Lipinski definition) is 3.